The average molecular weight is 650 g/mol. The quantitative estimate of drug-likeness (QED) is 0.131. The zero-order valence-electron chi connectivity index (χ0n) is 29.7. The Morgan fingerprint density at radius 2 is 1.27 bits per heavy atom. The van der Waals surface area contributed by atoms with Crippen LogP contribution in [0.1, 0.15) is 84.5 Å². The lowest BCUT2D eigenvalue weighted by Crippen LogP contribution is -2.28. The first-order chi connectivity index (χ1) is 23.9. The first-order valence-corrected chi connectivity index (χ1v) is 18.0. The van der Waals surface area contributed by atoms with E-state index in [2.05, 4.69) is 141 Å². The smallest absolute Gasteiger partial charge is 0.340 e. The lowest BCUT2D eigenvalue weighted by molar-refractivity contribution is 0.0276. The van der Waals surface area contributed by atoms with Crippen LogP contribution < -0.4 is 4.90 Å². The van der Waals surface area contributed by atoms with Gasteiger partial charge in [0.1, 0.15) is 0 Å². The first kappa shape index (κ1) is 32.5. The van der Waals surface area contributed by atoms with Crippen LogP contribution in [0.25, 0.3) is 27.4 Å². The van der Waals surface area contributed by atoms with Crippen LogP contribution in [0.5, 0.6) is 0 Å². The van der Waals surface area contributed by atoms with Crippen molar-refractivity contribution >= 4 is 39.0 Å². The summed E-state index contributed by atoms with van der Waals surface area (Å²) in [7, 11) is 0. The zero-order chi connectivity index (χ0) is 34.3. The highest BCUT2D eigenvalue weighted by Gasteiger charge is 2.46. The Kier molecular flexibility index (Phi) is 8.70. The maximum absolute atomic E-state index is 13.9. The molecule has 1 unspecified atom stereocenters. The fraction of sp³-hybridized carbons (Fsp3) is 0.295. The van der Waals surface area contributed by atoms with Crippen LogP contribution in [-0.4, -0.2) is 28.2 Å². The topological polar surface area (TPSA) is 39.4 Å². The summed E-state index contributed by atoms with van der Waals surface area (Å²) in [5.74, 6) is -0.295. The summed E-state index contributed by atoms with van der Waals surface area (Å²) in [6, 6.07) is 34.0. The number of anilines is 1. The maximum atomic E-state index is 13.9. The minimum absolute atomic E-state index is 0.295. The van der Waals surface area contributed by atoms with Gasteiger partial charge in [0.2, 0.25) is 0 Å². The second-order valence-electron chi connectivity index (χ2n) is 13.2. The van der Waals surface area contributed by atoms with Gasteiger partial charge in [-0.2, -0.15) is 0 Å². The highest BCUT2D eigenvalue weighted by atomic mass is 16.6. The molecule has 4 aromatic carbocycles. The molecule has 0 saturated heterocycles. The number of hydrogen-bond acceptors (Lipinski definition) is 3. The summed E-state index contributed by atoms with van der Waals surface area (Å²) in [4.78, 5) is 16.4. The number of hydrogen-bond donors (Lipinski definition) is 0. The number of nitrogens with zero attached hydrogens (tertiary/aromatic N) is 3. The summed E-state index contributed by atoms with van der Waals surface area (Å²) in [5.41, 5.74) is 10.7. The minimum Gasteiger partial charge on any atom is -0.441 e. The molecule has 0 amide bonds. The van der Waals surface area contributed by atoms with Crippen molar-refractivity contribution in [1.82, 2.24) is 9.13 Å². The zero-order valence-corrected chi connectivity index (χ0v) is 29.7. The van der Waals surface area contributed by atoms with E-state index in [1.165, 1.54) is 44.3 Å². The molecule has 0 spiro atoms. The number of rotatable bonds is 11. The fourth-order valence-electron chi connectivity index (χ4n) is 8.32. The minimum atomic E-state index is -1.15. The van der Waals surface area contributed by atoms with Gasteiger partial charge in [0, 0.05) is 87.3 Å². The van der Waals surface area contributed by atoms with Gasteiger partial charge in [-0.3, -0.25) is 0 Å². The van der Waals surface area contributed by atoms with E-state index in [0.29, 0.717) is 5.56 Å². The molecular formula is C44H47N3O2. The van der Waals surface area contributed by atoms with E-state index in [9.17, 15) is 4.79 Å². The number of para-hydroxylation sites is 2. The van der Waals surface area contributed by atoms with Crippen molar-refractivity contribution in [1.29, 1.82) is 0 Å². The Morgan fingerprint density at radius 3 is 1.84 bits per heavy atom. The molecule has 2 aromatic heterocycles. The Morgan fingerprint density at radius 1 is 0.714 bits per heavy atom. The van der Waals surface area contributed by atoms with E-state index in [4.69, 9.17) is 4.74 Å². The highest BCUT2D eigenvalue weighted by molar-refractivity contribution is 6.07. The third-order valence-electron chi connectivity index (χ3n) is 10.4. The molecule has 6 aromatic rings. The largest absolute Gasteiger partial charge is 0.441 e. The fourth-order valence-corrected chi connectivity index (χ4v) is 8.32. The molecule has 0 bridgehead atoms. The van der Waals surface area contributed by atoms with E-state index < -0.39 is 5.60 Å². The van der Waals surface area contributed by atoms with Crippen molar-refractivity contribution in [3.8, 4) is 0 Å². The lowest BCUT2D eigenvalue weighted by atomic mass is 9.80. The van der Waals surface area contributed by atoms with E-state index in [1.807, 2.05) is 18.2 Å². The van der Waals surface area contributed by atoms with Crippen LogP contribution in [0.15, 0.2) is 103 Å². The van der Waals surface area contributed by atoms with Gasteiger partial charge in [-0.1, -0.05) is 80.6 Å². The molecule has 0 saturated carbocycles. The molecule has 0 fully saturated rings. The normalized spacial score (nSPS) is 15.5. The third kappa shape index (κ3) is 5.18. The predicted octanol–water partition coefficient (Wildman–Crippen LogP) is 10.4. The van der Waals surface area contributed by atoms with E-state index >= 15 is 0 Å². The molecule has 0 aliphatic carbocycles. The average Bonchev–Trinajstić information content (AvgIpc) is 3.70. The Labute approximate surface area is 290 Å². The van der Waals surface area contributed by atoms with Gasteiger partial charge in [-0.15, -0.1) is 0 Å². The van der Waals surface area contributed by atoms with Gasteiger partial charge in [-0.05, 0) is 82.5 Å². The summed E-state index contributed by atoms with van der Waals surface area (Å²) in [5, 5.41) is 2.39. The second kappa shape index (κ2) is 13.1. The molecule has 5 heteroatoms. The molecule has 250 valence electrons. The number of carbonyl (C=O) groups excluding carboxylic acids is 1. The number of benzene rings is 4. The lowest BCUT2D eigenvalue weighted by Gasteiger charge is -2.30. The van der Waals surface area contributed by atoms with E-state index in [-0.39, 0.29) is 5.97 Å². The van der Waals surface area contributed by atoms with Crippen molar-refractivity contribution in [2.75, 3.05) is 18.0 Å². The molecule has 7 rings (SSSR count). The first-order valence-electron chi connectivity index (χ1n) is 18.0. The standard InChI is InChI=1S/C44H47N3O2/c1-7-26-45(27-8-2)33-19-17-18-32(28-33)44(38-23-14-11-20-34(38)43(48)49-44)29-37(41-30(5)46(9-3)39-24-15-12-21-35(39)41)42-31(6)47(10-4)40-25-16-13-22-36(40)42/h11-25,28-29H,7-10,26-27H2,1-6H3. The molecule has 0 radical (unpaired) electrons. The van der Waals surface area contributed by atoms with Crippen molar-refractivity contribution in [3.63, 3.8) is 0 Å². The number of carbonyl (C=O) groups is 1. The monoisotopic (exact) mass is 649 g/mol. The maximum Gasteiger partial charge on any atom is 0.340 e. The van der Waals surface area contributed by atoms with Crippen LogP contribution in [0.4, 0.5) is 5.69 Å². The number of ether oxygens (including phenoxy) is 1. The van der Waals surface area contributed by atoms with Crippen LogP contribution in [-0.2, 0) is 23.4 Å². The summed E-state index contributed by atoms with van der Waals surface area (Å²) >= 11 is 0. The molecule has 0 N–H and O–H groups in total. The van der Waals surface area contributed by atoms with Gasteiger partial charge in [0.15, 0.2) is 5.60 Å². The second-order valence-corrected chi connectivity index (χ2v) is 13.2. The molecule has 5 nitrogen and oxygen atoms in total. The summed E-state index contributed by atoms with van der Waals surface area (Å²) < 4.78 is 11.6. The van der Waals surface area contributed by atoms with Gasteiger partial charge in [0.05, 0.1) is 5.56 Å². The Balaban J connectivity index is 1.63. The van der Waals surface area contributed by atoms with Gasteiger partial charge >= 0.3 is 5.97 Å². The molecule has 1 atom stereocenters. The number of aryl methyl sites for hydroxylation is 2. The summed E-state index contributed by atoms with van der Waals surface area (Å²) in [6.45, 7) is 17.0. The van der Waals surface area contributed by atoms with Crippen LogP contribution in [0.2, 0.25) is 0 Å². The van der Waals surface area contributed by atoms with E-state index in [1.54, 1.807) is 0 Å². The molecule has 1 aliphatic heterocycles. The highest BCUT2D eigenvalue weighted by Crippen LogP contribution is 2.49. The number of fused-ring (bicyclic) bond motifs is 3. The van der Waals surface area contributed by atoms with Crippen molar-refractivity contribution in [2.45, 2.75) is 73.1 Å². The Bertz CT molecular complexity index is 2120. The van der Waals surface area contributed by atoms with Gasteiger partial charge in [0.25, 0.3) is 0 Å². The number of aromatic nitrogens is 2. The third-order valence-corrected chi connectivity index (χ3v) is 10.4. The van der Waals surface area contributed by atoms with Gasteiger partial charge < -0.3 is 18.8 Å². The van der Waals surface area contributed by atoms with Crippen molar-refractivity contribution < 1.29 is 9.53 Å². The summed E-state index contributed by atoms with van der Waals surface area (Å²) in [6.07, 6.45) is 4.39. The number of esters is 1. The number of cyclic esters (lactones) is 1. The van der Waals surface area contributed by atoms with Crippen LogP contribution in [0.3, 0.4) is 0 Å². The Hall–Kier alpha value is -5.03. The molecule has 49 heavy (non-hydrogen) atoms. The van der Waals surface area contributed by atoms with Crippen molar-refractivity contribution in [2.24, 2.45) is 0 Å². The SMILES string of the molecule is CCCN(CCC)c1cccc(C2(C=C(c3c(C)n(CC)c4ccccc34)c3c(C)n(CC)c4ccccc34)OC(=O)c3ccccc32)c1. The molecular weight excluding hydrogens is 603 g/mol. The van der Waals surface area contributed by atoms with Crippen LogP contribution >= 0.6 is 0 Å². The predicted molar refractivity (Wildman–Crippen MR) is 204 cm³/mol. The van der Waals surface area contributed by atoms with Crippen molar-refractivity contribution in [3.05, 3.63) is 142 Å². The van der Waals surface area contributed by atoms with E-state index in [0.717, 1.165) is 61.4 Å². The molecule has 1 aliphatic rings. The van der Waals surface area contributed by atoms with Crippen LogP contribution in [0, 0.1) is 13.8 Å². The van der Waals surface area contributed by atoms with Gasteiger partial charge in [-0.25, -0.2) is 4.79 Å². The molecule has 3 heterocycles.